The molecule has 17 heavy (non-hydrogen) atoms. The number of carbonyl (C=O) groups excluding carboxylic acids is 2. The highest BCUT2D eigenvalue weighted by Crippen LogP contribution is 2.25. The van der Waals surface area contributed by atoms with Crippen LogP contribution in [-0.2, 0) is 9.59 Å². The van der Waals surface area contributed by atoms with Gasteiger partial charge in [0, 0.05) is 32.0 Å². The van der Waals surface area contributed by atoms with Gasteiger partial charge >= 0.3 is 0 Å². The van der Waals surface area contributed by atoms with E-state index >= 15 is 0 Å². The van der Waals surface area contributed by atoms with Gasteiger partial charge in [-0.25, -0.2) is 10.0 Å². The van der Waals surface area contributed by atoms with Gasteiger partial charge < -0.3 is 9.90 Å². The lowest BCUT2D eigenvalue weighted by atomic mass is 10.3. The maximum Gasteiger partial charge on any atom is 0.242 e. The Labute approximate surface area is 99.2 Å². The monoisotopic (exact) mass is 234 g/mol. The fourth-order valence-electron chi connectivity index (χ4n) is 1.93. The van der Waals surface area contributed by atoms with Gasteiger partial charge in [0.1, 0.15) is 12.0 Å². The minimum absolute atomic E-state index is 0.0125. The highest BCUT2D eigenvalue weighted by Gasteiger charge is 2.29. The quantitative estimate of drug-likeness (QED) is 0.787. The van der Waals surface area contributed by atoms with E-state index in [9.17, 15) is 14.7 Å². The first kappa shape index (κ1) is 11.6. The third kappa shape index (κ3) is 2.45. The van der Waals surface area contributed by atoms with E-state index in [2.05, 4.69) is 0 Å². The highest BCUT2D eigenvalue weighted by atomic mass is 16.3. The van der Waals surface area contributed by atoms with E-state index in [1.54, 1.807) is 18.2 Å². The largest absolute Gasteiger partial charge is 0.508 e. The normalized spacial score (nSPS) is 16.5. The molecule has 2 rings (SSSR count). The van der Waals surface area contributed by atoms with Gasteiger partial charge in [-0.15, -0.1) is 0 Å². The van der Waals surface area contributed by atoms with Crippen LogP contribution in [-0.4, -0.2) is 35.4 Å². The predicted octanol–water partition coefficient (Wildman–Crippen LogP) is 0.935. The second kappa shape index (κ2) is 4.97. The first-order chi connectivity index (χ1) is 8.22. The van der Waals surface area contributed by atoms with Crippen LogP contribution in [0, 0.1) is 0 Å². The second-order valence-electron chi connectivity index (χ2n) is 3.88. The molecule has 1 aliphatic rings. The number of aromatic hydroxyl groups is 1. The average Bonchev–Trinajstić information content (AvgIpc) is 2.68. The van der Waals surface area contributed by atoms with E-state index in [0.717, 1.165) is 6.29 Å². The second-order valence-corrected chi connectivity index (χ2v) is 3.88. The molecule has 1 N–H and O–H groups in total. The fraction of sp³-hybridized carbons (Fsp3) is 0.333. The van der Waals surface area contributed by atoms with Crippen LogP contribution in [0.15, 0.2) is 24.3 Å². The van der Waals surface area contributed by atoms with Crippen molar-refractivity contribution in [3.05, 3.63) is 24.3 Å². The summed E-state index contributed by atoms with van der Waals surface area (Å²) >= 11 is 0. The molecule has 0 bridgehead atoms. The Hall–Kier alpha value is -1.88. The number of hydrazine groups is 1. The molecule has 0 unspecified atom stereocenters. The zero-order chi connectivity index (χ0) is 12.3. The molecule has 90 valence electrons. The van der Waals surface area contributed by atoms with Crippen LogP contribution in [0.3, 0.4) is 0 Å². The Balaban J connectivity index is 2.21. The lowest BCUT2D eigenvalue weighted by Gasteiger charge is -2.27. The van der Waals surface area contributed by atoms with Crippen molar-refractivity contribution in [1.82, 2.24) is 5.01 Å². The first-order valence-electron chi connectivity index (χ1n) is 5.53. The lowest BCUT2D eigenvalue weighted by Crippen LogP contribution is -2.39. The standard InChI is InChI=1S/C12H14N2O3/c15-8-2-6-13-7-5-12(17)14(13)10-3-1-4-11(16)9-10/h1,3-4,8-9,16H,2,5-7H2. The SMILES string of the molecule is O=CCCN1CCC(=O)N1c1cccc(O)c1. The summed E-state index contributed by atoms with van der Waals surface area (Å²) in [5.74, 6) is 0.110. The molecule has 1 aromatic rings. The van der Waals surface area contributed by atoms with Crippen LogP contribution >= 0.6 is 0 Å². The number of nitrogens with zero attached hydrogens (tertiary/aromatic N) is 2. The van der Waals surface area contributed by atoms with Crippen LogP contribution in [0.25, 0.3) is 0 Å². The summed E-state index contributed by atoms with van der Waals surface area (Å²) in [5, 5.41) is 12.8. The van der Waals surface area contributed by atoms with E-state index < -0.39 is 0 Å². The van der Waals surface area contributed by atoms with Crippen molar-refractivity contribution < 1.29 is 14.7 Å². The fourth-order valence-corrected chi connectivity index (χ4v) is 1.93. The zero-order valence-electron chi connectivity index (χ0n) is 9.37. The average molecular weight is 234 g/mol. The van der Waals surface area contributed by atoms with Gasteiger partial charge in [-0.1, -0.05) is 6.07 Å². The van der Waals surface area contributed by atoms with Crippen molar-refractivity contribution in [2.24, 2.45) is 0 Å². The molecule has 0 spiro atoms. The molecule has 5 nitrogen and oxygen atoms in total. The van der Waals surface area contributed by atoms with Crippen LogP contribution in [0.5, 0.6) is 5.75 Å². The molecule has 0 aromatic heterocycles. The maximum atomic E-state index is 11.8. The van der Waals surface area contributed by atoms with Crippen LogP contribution in [0.4, 0.5) is 5.69 Å². The molecule has 0 aliphatic carbocycles. The third-order valence-corrected chi connectivity index (χ3v) is 2.68. The van der Waals surface area contributed by atoms with Gasteiger partial charge in [-0.3, -0.25) is 4.79 Å². The molecule has 1 fully saturated rings. The van der Waals surface area contributed by atoms with Crippen LogP contribution in [0.2, 0.25) is 0 Å². The Morgan fingerprint density at radius 1 is 1.41 bits per heavy atom. The number of rotatable bonds is 4. The van der Waals surface area contributed by atoms with Gasteiger partial charge in [0.25, 0.3) is 0 Å². The summed E-state index contributed by atoms with van der Waals surface area (Å²) < 4.78 is 0. The molecule has 0 saturated carbocycles. The number of hydrogen-bond acceptors (Lipinski definition) is 4. The summed E-state index contributed by atoms with van der Waals surface area (Å²) in [4.78, 5) is 22.1. The Morgan fingerprint density at radius 2 is 2.24 bits per heavy atom. The lowest BCUT2D eigenvalue weighted by molar-refractivity contribution is -0.118. The summed E-state index contributed by atoms with van der Waals surface area (Å²) in [6, 6.07) is 6.54. The molecule has 1 aliphatic heterocycles. The molecular formula is C12H14N2O3. The molecule has 5 heteroatoms. The van der Waals surface area contributed by atoms with E-state index in [1.807, 2.05) is 5.01 Å². The minimum atomic E-state index is -0.0125. The number of phenols is 1. The van der Waals surface area contributed by atoms with Gasteiger partial charge in [-0.05, 0) is 12.1 Å². The summed E-state index contributed by atoms with van der Waals surface area (Å²) in [6.45, 7) is 1.13. The van der Waals surface area contributed by atoms with E-state index in [-0.39, 0.29) is 11.7 Å². The van der Waals surface area contributed by atoms with Crippen LogP contribution < -0.4 is 5.01 Å². The summed E-state index contributed by atoms with van der Waals surface area (Å²) in [5.41, 5.74) is 0.637. The van der Waals surface area contributed by atoms with E-state index in [0.29, 0.717) is 31.6 Å². The Kier molecular flexibility index (Phi) is 3.39. The number of amides is 1. The van der Waals surface area contributed by atoms with Gasteiger partial charge in [0.15, 0.2) is 0 Å². The Morgan fingerprint density at radius 3 is 2.94 bits per heavy atom. The van der Waals surface area contributed by atoms with Crippen molar-refractivity contribution in [2.75, 3.05) is 18.1 Å². The zero-order valence-corrected chi connectivity index (χ0v) is 9.37. The summed E-state index contributed by atoms with van der Waals surface area (Å²) in [7, 11) is 0. The van der Waals surface area contributed by atoms with Crippen molar-refractivity contribution in [2.45, 2.75) is 12.8 Å². The van der Waals surface area contributed by atoms with Gasteiger partial charge in [0.2, 0.25) is 5.91 Å². The molecular weight excluding hydrogens is 220 g/mol. The number of carbonyl (C=O) groups is 2. The Bertz CT molecular complexity index is 434. The van der Waals surface area contributed by atoms with Crippen molar-refractivity contribution in [3.8, 4) is 5.75 Å². The number of phenolic OH excluding ortho intramolecular Hbond substituents is 1. The van der Waals surface area contributed by atoms with E-state index in [1.165, 1.54) is 11.1 Å². The number of hydrogen-bond donors (Lipinski definition) is 1. The topological polar surface area (TPSA) is 60.9 Å². The molecule has 0 radical (unpaired) electrons. The minimum Gasteiger partial charge on any atom is -0.508 e. The highest BCUT2D eigenvalue weighted by molar-refractivity contribution is 5.94. The molecule has 1 aromatic carbocycles. The number of benzene rings is 1. The number of anilines is 1. The maximum absolute atomic E-state index is 11.8. The van der Waals surface area contributed by atoms with Gasteiger partial charge in [0.05, 0.1) is 5.69 Å². The molecule has 1 saturated heterocycles. The third-order valence-electron chi connectivity index (χ3n) is 2.68. The van der Waals surface area contributed by atoms with Crippen molar-refractivity contribution in [1.29, 1.82) is 0 Å². The molecule has 1 heterocycles. The van der Waals surface area contributed by atoms with Crippen molar-refractivity contribution in [3.63, 3.8) is 0 Å². The van der Waals surface area contributed by atoms with Crippen molar-refractivity contribution >= 4 is 17.9 Å². The summed E-state index contributed by atoms with van der Waals surface area (Å²) in [6.07, 6.45) is 1.67. The van der Waals surface area contributed by atoms with Gasteiger partial charge in [-0.2, -0.15) is 0 Å². The predicted molar refractivity (Wildman–Crippen MR) is 62.5 cm³/mol. The molecule has 1 amide bonds. The van der Waals surface area contributed by atoms with E-state index in [4.69, 9.17) is 0 Å². The van der Waals surface area contributed by atoms with Crippen LogP contribution in [0.1, 0.15) is 12.8 Å². The smallest absolute Gasteiger partial charge is 0.242 e. The number of aldehydes is 1. The molecule has 0 atom stereocenters. The first-order valence-corrected chi connectivity index (χ1v) is 5.53.